The topological polar surface area (TPSA) is 59.8 Å². The van der Waals surface area contributed by atoms with Crippen LogP contribution in [0.4, 0.5) is 5.69 Å². The first-order valence-corrected chi connectivity index (χ1v) is 9.97. The summed E-state index contributed by atoms with van der Waals surface area (Å²) in [6.45, 7) is 6.62. The highest BCUT2D eigenvalue weighted by molar-refractivity contribution is 8.00. The number of rotatable bonds is 6. The molecule has 0 aliphatic carbocycles. The number of nitrogens with zero attached hydrogens (tertiary/aromatic N) is 3. The van der Waals surface area contributed by atoms with Crippen LogP contribution < -0.4 is 5.32 Å². The van der Waals surface area contributed by atoms with Gasteiger partial charge in [-0.15, -0.1) is 10.2 Å². The standard InChI is InChI=1S/C20H21ClN4OS/c1-4-25-18(15-7-9-16(21)10-8-15)23-24-20(25)27-14(3)19(26)22-17-11-5-13(2)6-12-17/h5-12,14H,4H2,1-3H3,(H,22,26)/t14-/m1/s1. The predicted octanol–water partition coefficient (Wildman–Crippen LogP) is 5.05. The first-order chi connectivity index (χ1) is 13.0. The van der Waals surface area contributed by atoms with Gasteiger partial charge in [0, 0.05) is 22.8 Å². The third-order valence-electron chi connectivity index (χ3n) is 4.11. The van der Waals surface area contributed by atoms with Crippen LogP contribution in [0.1, 0.15) is 19.4 Å². The second-order valence-electron chi connectivity index (χ2n) is 6.17. The summed E-state index contributed by atoms with van der Waals surface area (Å²) >= 11 is 7.36. The largest absolute Gasteiger partial charge is 0.325 e. The van der Waals surface area contributed by atoms with Crippen molar-refractivity contribution in [2.24, 2.45) is 0 Å². The van der Waals surface area contributed by atoms with Gasteiger partial charge in [-0.25, -0.2) is 0 Å². The minimum absolute atomic E-state index is 0.0671. The molecule has 0 fully saturated rings. The number of benzene rings is 2. The molecule has 0 saturated carbocycles. The number of halogens is 1. The fourth-order valence-corrected chi connectivity index (χ4v) is 3.60. The molecule has 1 aromatic heterocycles. The van der Waals surface area contributed by atoms with E-state index in [-0.39, 0.29) is 11.2 Å². The van der Waals surface area contributed by atoms with Gasteiger partial charge in [0.05, 0.1) is 5.25 Å². The Bertz CT molecular complexity index is 922. The Morgan fingerprint density at radius 1 is 1.15 bits per heavy atom. The van der Waals surface area contributed by atoms with Crippen LogP contribution in [0, 0.1) is 6.92 Å². The van der Waals surface area contributed by atoms with E-state index >= 15 is 0 Å². The third-order valence-corrected chi connectivity index (χ3v) is 5.44. The van der Waals surface area contributed by atoms with E-state index in [0.717, 1.165) is 22.6 Å². The highest BCUT2D eigenvalue weighted by atomic mass is 35.5. The summed E-state index contributed by atoms with van der Waals surface area (Å²) in [6, 6.07) is 15.2. The maximum atomic E-state index is 12.5. The maximum absolute atomic E-state index is 12.5. The molecule has 1 atom stereocenters. The van der Waals surface area contributed by atoms with Gasteiger partial charge in [0.1, 0.15) is 0 Å². The van der Waals surface area contributed by atoms with E-state index in [1.54, 1.807) is 0 Å². The Labute approximate surface area is 168 Å². The fourth-order valence-electron chi connectivity index (χ4n) is 2.57. The lowest BCUT2D eigenvalue weighted by Gasteiger charge is -2.13. The minimum atomic E-state index is -0.307. The number of carbonyl (C=O) groups excluding carboxylic acids is 1. The number of anilines is 1. The number of carbonyl (C=O) groups is 1. The monoisotopic (exact) mass is 400 g/mol. The van der Waals surface area contributed by atoms with Crippen molar-refractivity contribution in [1.29, 1.82) is 0 Å². The van der Waals surface area contributed by atoms with E-state index in [2.05, 4.69) is 15.5 Å². The Balaban J connectivity index is 1.73. The lowest BCUT2D eigenvalue weighted by atomic mass is 10.2. The van der Waals surface area contributed by atoms with Crippen molar-refractivity contribution in [2.45, 2.75) is 37.7 Å². The summed E-state index contributed by atoms with van der Waals surface area (Å²) < 4.78 is 2.00. The molecular weight excluding hydrogens is 380 g/mol. The molecule has 5 nitrogen and oxygen atoms in total. The van der Waals surface area contributed by atoms with Gasteiger partial charge < -0.3 is 9.88 Å². The van der Waals surface area contributed by atoms with Crippen LogP contribution in [-0.4, -0.2) is 25.9 Å². The van der Waals surface area contributed by atoms with Crippen LogP contribution in [0.25, 0.3) is 11.4 Å². The quantitative estimate of drug-likeness (QED) is 0.588. The van der Waals surface area contributed by atoms with Crippen LogP contribution in [-0.2, 0) is 11.3 Å². The normalized spacial score (nSPS) is 12.0. The Morgan fingerprint density at radius 3 is 2.44 bits per heavy atom. The molecule has 3 rings (SSSR count). The first kappa shape index (κ1) is 19.5. The zero-order valence-electron chi connectivity index (χ0n) is 15.4. The second kappa shape index (κ2) is 8.59. The molecule has 0 saturated heterocycles. The van der Waals surface area contributed by atoms with Gasteiger partial charge in [-0.3, -0.25) is 4.79 Å². The van der Waals surface area contributed by atoms with Crippen LogP contribution in [0.5, 0.6) is 0 Å². The van der Waals surface area contributed by atoms with E-state index in [1.807, 2.05) is 73.9 Å². The number of hydrogen-bond acceptors (Lipinski definition) is 4. The fraction of sp³-hybridized carbons (Fsp3) is 0.250. The van der Waals surface area contributed by atoms with Crippen molar-refractivity contribution in [2.75, 3.05) is 5.32 Å². The second-order valence-corrected chi connectivity index (χ2v) is 7.92. The average Bonchev–Trinajstić information content (AvgIpc) is 3.06. The van der Waals surface area contributed by atoms with Crippen LogP contribution in [0.15, 0.2) is 53.7 Å². The minimum Gasteiger partial charge on any atom is -0.325 e. The van der Waals surface area contributed by atoms with Crippen molar-refractivity contribution in [3.63, 3.8) is 0 Å². The highest BCUT2D eigenvalue weighted by Gasteiger charge is 2.20. The Morgan fingerprint density at radius 2 is 1.81 bits per heavy atom. The van der Waals surface area contributed by atoms with E-state index < -0.39 is 0 Å². The number of aromatic nitrogens is 3. The van der Waals surface area contributed by atoms with Crippen molar-refractivity contribution in [1.82, 2.24) is 14.8 Å². The molecule has 140 valence electrons. The molecule has 2 aromatic carbocycles. The van der Waals surface area contributed by atoms with Crippen molar-refractivity contribution < 1.29 is 4.79 Å². The van der Waals surface area contributed by atoms with Gasteiger partial charge in [-0.1, -0.05) is 41.1 Å². The van der Waals surface area contributed by atoms with E-state index in [9.17, 15) is 4.79 Å². The zero-order chi connectivity index (χ0) is 19.4. The smallest absolute Gasteiger partial charge is 0.237 e. The lowest BCUT2D eigenvalue weighted by Crippen LogP contribution is -2.22. The molecule has 0 spiro atoms. The molecular formula is C20H21ClN4OS. The summed E-state index contributed by atoms with van der Waals surface area (Å²) in [4.78, 5) is 12.5. The summed E-state index contributed by atoms with van der Waals surface area (Å²) in [5.41, 5.74) is 2.88. The van der Waals surface area contributed by atoms with E-state index in [4.69, 9.17) is 11.6 Å². The molecule has 0 aliphatic heterocycles. The van der Waals surface area contributed by atoms with Crippen molar-refractivity contribution >= 4 is 35.0 Å². The van der Waals surface area contributed by atoms with Crippen LogP contribution >= 0.6 is 23.4 Å². The van der Waals surface area contributed by atoms with Gasteiger partial charge in [0.15, 0.2) is 11.0 Å². The summed E-state index contributed by atoms with van der Waals surface area (Å²) in [6.07, 6.45) is 0. The number of nitrogens with one attached hydrogen (secondary N) is 1. The molecule has 3 aromatic rings. The van der Waals surface area contributed by atoms with Gasteiger partial charge in [0.2, 0.25) is 5.91 Å². The molecule has 0 unspecified atom stereocenters. The summed E-state index contributed by atoms with van der Waals surface area (Å²) in [5, 5.41) is 12.6. The number of hydrogen-bond donors (Lipinski definition) is 1. The van der Waals surface area contributed by atoms with Gasteiger partial charge in [-0.05, 0) is 57.2 Å². The van der Waals surface area contributed by atoms with Crippen molar-refractivity contribution in [3.05, 3.63) is 59.1 Å². The van der Waals surface area contributed by atoms with E-state index in [0.29, 0.717) is 16.7 Å². The van der Waals surface area contributed by atoms with E-state index in [1.165, 1.54) is 11.8 Å². The molecule has 0 radical (unpaired) electrons. The molecule has 27 heavy (non-hydrogen) atoms. The molecule has 1 amide bonds. The van der Waals surface area contributed by atoms with Gasteiger partial charge in [0.25, 0.3) is 0 Å². The van der Waals surface area contributed by atoms with Crippen molar-refractivity contribution in [3.8, 4) is 11.4 Å². The molecule has 1 heterocycles. The Hall–Kier alpha value is -2.31. The third kappa shape index (κ3) is 4.70. The zero-order valence-corrected chi connectivity index (χ0v) is 17.0. The van der Waals surface area contributed by atoms with Gasteiger partial charge in [-0.2, -0.15) is 0 Å². The van der Waals surface area contributed by atoms with Crippen LogP contribution in [0.3, 0.4) is 0 Å². The molecule has 0 bridgehead atoms. The molecule has 1 N–H and O–H groups in total. The average molecular weight is 401 g/mol. The lowest BCUT2D eigenvalue weighted by molar-refractivity contribution is -0.115. The number of thioether (sulfide) groups is 1. The SMILES string of the molecule is CCn1c(S[C@H](C)C(=O)Nc2ccc(C)cc2)nnc1-c1ccc(Cl)cc1. The molecule has 7 heteroatoms. The number of amides is 1. The summed E-state index contributed by atoms with van der Waals surface area (Å²) in [7, 11) is 0. The number of aryl methyl sites for hydroxylation is 1. The maximum Gasteiger partial charge on any atom is 0.237 e. The predicted molar refractivity (Wildman–Crippen MR) is 111 cm³/mol. The van der Waals surface area contributed by atoms with Gasteiger partial charge >= 0.3 is 0 Å². The Kier molecular flexibility index (Phi) is 6.19. The van der Waals surface area contributed by atoms with Crippen LogP contribution in [0.2, 0.25) is 5.02 Å². The highest BCUT2D eigenvalue weighted by Crippen LogP contribution is 2.28. The first-order valence-electron chi connectivity index (χ1n) is 8.71. The summed E-state index contributed by atoms with van der Waals surface area (Å²) in [5.74, 6) is 0.699. The molecule has 0 aliphatic rings.